The third kappa shape index (κ3) is 6.29. The number of rotatable bonds is 5. The van der Waals surface area contributed by atoms with Crippen molar-refractivity contribution in [3.05, 3.63) is 0 Å². The third-order valence-electron chi connectivity index (χ3n) is 2.71. The average Bonchev–Trinajstić information content (AvgIpc) is 2.93. The van der Waals surface area contributed by atoms with Gasteiger partial charge in [-0.2, -0.15) is 0 Å². The summed E-state index contributed by atoms with van der Waals surface area (Å²) in [4.78, 5) is 23.1. The monoisotopic (exact) mass is 241 g/mol. The average molecular weight is 241 g/mol. The van der Waals surface area contributed by atoms with Crippen LogP contribution in [0.1, 0.15) is 53.4 Å². The van der Waals surface area contributed by atoms with Crippen molar-refractivity contribution in [2.75, 3.05) is 0 Å². The summed E-state index contributed by atoms with van der Waals surface area (Å²) in [5.74, 6) is 0.829. The minimum absolute atomic E-state index is 0.0859. The molecule has 0 spiro atoms. The van der Waals surface area contributed by atoms with Gasteiger partial charge in [0.1, 0.15) is 5.60 Å². The zero-order chi connectivity index (χ0) is 13.1. The maximum atomic E-state index is 11.7. The van der Waals surface area contributed by atoms with E-state index in [2.05, 4.69) is 5.32 Å². The van der Waals surface area contributed by atoms with Crippen LogP contribution in [0, 0.1) is 5.92 Å². The Hall–Kier alpha value is -1.06. The van der Waals surface area contributed by atoms with E-state index in [0.717, 1.165) is 12.3 Å². The molecule has 0 aromatic heterocycles. The van der Waals surface area contributed by atoms with Crippen molar-refractivity contribution >= 4 is 11.9 Å². The molecule has 1 atom stereocenters. The van der Waals surface area contributed by atoms with E-state index in [1.54, 1.807) is 27.7 Å². The smallest absolute Gasteiger partial charge is 0.408 e. The van der Waals surface area contributed by atoms with Gasteiger partial charge >= 0.3 is 6.09 Å². The van der Waals surface area contributed by atoms with E-state index < -0.39 is 17.7 Å². The molecule has 4 heteroatoms. The van der Waals surface area contributed by atoms with Crippen molar-refractivity contribution in [1.82, 2.24) is 5.32 Å². The first kappa shape index (κ1) is 14.0. The summed E-state index contributed by atoms with van der Waals surface area (Å²) in [5.41, 5.74) is -0.527. The third-order valence-corrected chi connectivity index (χ3v) is 2.71. The van der Waals surface area contributed by atoms with Crippen LogP contribution in [0.25, 0.3) is 0 Å². The van der Waals surface area contributed by atoms with E-state index in [1.807, 2.05) is 0 Å². The molecule has 1 N–H and O–H groups in total. The van der Waals surface area contributed by atoms with E-state index in [1.165, 1.54) is 12.8 Å². The highest BCUT2D eigenvalue weighted by Gasteiger charge is 2.25. The Kier molecular flexibility index (Phi) is 4.54. The van der Waals surface area contributed by atoms with E-state index in [4.69, 9.17) is 4.74 Å². The zero-order valence-corrected chi connectivity index (χ0v) is 11.2. The molecule has 0 unspecified atom stereocenters. The molecule has 1 aliphatic rings. The van der Waals surface area contributed by atoms with Crippen molar-refractivity contribution in [3.8, 4) is 0 Å². The number of carbonyl (C=O) groups is 2. The standard InChI is InChI=1S/C13H23NO3/c1-9(11(15)8-7-10-5-6-10)14-12(16)17-13(2,3)4/h9-10H,5-8H2,1-4H3,(H,14,16)/t9-/m1/s1. The lowest BCUT2D eigenvalue weighted by Gasteiger charge is -2.21. The summed E-state index contributed by atoms with van der Waals surface area (Å²) in [6, 6.07) is -0.455. The van der Waals surface area contributed by atoms with Crippen molar-refractivity contribution < 1.29 is 14.3 Å². The molecule has 4 nitrogen and oxygen atoms in total. The summed E-state index contributed by atoms with van der Waals surface area (Å²) in [6.07, 6.45) is 3.49. The highest BCUT2D eigenvalue weighted by molar-refractivity contribution is 5.87. The molecule has 0 aliphatic heterocycles. The van der Waals surface area contributed by atoms with Gasteiger partial charge in [0.15, 0.2) is 5.78 Å². The fraction of sp³-hybridized carbons (Fsp3) is 0.846. The van der Waals surface area contributed by atoms with Crippen LogP contribution in [-0.4, -0.2) is 23.5 Å². The van der Waals surface area contributed by atoms with Crippen LogP contribution in [0.3, 0.4) is 0 Å². The minimum Gasteiger partial charge on any atom is -0.444 e. The second kappa shape index (κ2) is 5.52. The summed E-state index contributed by atoms with van der Waals surface area (Å²) < 4.78 is 5.09. The van der Waals surface area contributed by atoms with Gasteiger partial charge in [-0.3, -0.25) is 4.79 Å². The molecule has 1 saturated carbocycles. The SMILES string of the molecule is C[C@@H](NC(=O)OC(C)(C)C)C(=O)CCC1CC1. The van der Waals surface area contributed by atoms with Crippen molar-refractivity contribution in [3.63, 3.8) is 0 Å². The largest absolute Gasteiger partial charge is 0.444 e. The Morgan fingerprint density at radius 2 is 1.94 bits per heavy atom. The Morgan fingerprint density at radius 1 is 1.35 bits per heavy atom. The Morgan fingerprint density at radius 3 is 2.41 bits per heavy atom. The molecule has 98 valence electrons. The first-order valence-electron chi connectivity index (χ1n) is 6.30. The number of ether oxygens (including phenoxy) is 1. The lowest BCUT2D eigenvalue weighted by molar-refractivity contribution is -0.120. The van der Waals surface area contributed by atoms with E-state index in [-0.39, 0.29) is 5.78 Å². The maximum Gasteiger partial charge on any atom is 0.408 e. The quantitative estimate of drug-likeness (QED) is 0.805. The zero-order valence-electron chi connectivity index (χ0n) is 11.2. The first-order chi connectivity index (χ1) is 7.78. The number of hydrogen-bond acceptors (Lipinski definition) is 3. The normalized spacial score (nSPS) is 17.4. The van der Waals surface area contributed by atoms with Gasteiger partial charge in [-0.1, -0.05) is 12.8 Å². The molecule has 0 saturated heterocycles. The molecule has 1 aliphatic carbocycles. The van der Waals surface area contributed by atoms with Gasteiger partial charge in [0.05, 0.1) is 6.04 Å². The van der Waals surface area contributed by atoms with Gasteiger partial charge < -0.3 is 10.1 Å². The highest BCUT2D eigenvalue weighted by Crippen LogP contribution is 2.33. The lowest BCUT2D eigenvalue weighted by atomic mass is 10.1. The molecule has 0 radical (unpaired) electrons. The van der Waals surface area contributed by atoms with E-state index in [9.17, 15) is 9.59 Å². The second-order valence-corrected chi connectivity index (χ2v) is 5.82. The predicted molar refractivity (Wildman–Crippen MR) is 65.8 cm³/mol. The molecule has 0 heterocycles. The van der Waals surface area contributed by atoms with Crippen LogP contribution in [0.2, 0.25) is 0 Å². The van der Waals surface area contributed by atoms with Crippen molar-refractivity contribution in [2.45, 2.75) is 65.0 Å². The van der Waals surface area contributed by atoms with Gasteiger partial charge in [0, 0.05) is 6.42 Å². The van der Waals surface area contributed by atoms with E-state index in [0.29, 0.717) is 6.42 Å². The lowest BCUT2D eigenvalue weighted by Crippen LogP contribution is -2.41. The number of amides is 1. The molecule has 1 rings (SSSR count). The van der Waals surface area contributed by atoms with Gasteiger partial charge in [-0.15, -0.1) is 0 Å². The number of carbonyl (C=O) groups excluding carboxylic acids is 2. The first-order valence-corrected chi connectivity index (χ1v) is 6.30. The van der Waals surface area contributed by atoms with Crippen LogP contribution in [0.4, 0.5) is 4.79 Å². The maximum absolute atomic E-state index is 11.7. The van der Waals surface area contributed by atoms with Crippen LogP contribution in [0.15, 0.2) is 0 Å². The fourth-order valence-corrected chi connectivity index (χ4v) is 1.53. The number of ketones is 1. The summed E-state index contributed by atoms with van der Waals surface area (Å²) in [6.45, 7) is 7.10. The van der Waals surface area contributed by atoms with Gasteiger partial charge in [0.25, 0.3) is 0 Å². The minimum atomic E-state index is -0.527. The van der Waals surface area contributed by atoms with Crippen LogP contribution in [-0.2, 0) is 9.53 Å². The van der Waals surface area contributed by atoms with Gasteiger partial charge in [-0.25, -0.2) is 4.79 Å². The second-order valence-electron chi connectivity index (χ2n) is 5.82. The molecule has 1 fully saturated rings. The molecule has 1 amide bonds. The van der Waals surface area contributed by atoms with Gasteiger partial charge in [-0.05, 0) is 40.0 Å². The molecular weight excluding hydrogens is 218 g/mol. The molecule has 17 heavy (non-hydrogen) atoms. The van der Waals surface area contributed by atoms with E-state index >= 15 is 0 Å². The van der Waals surface area contributed by atoms with Crippen LogP contribution in [0.5, 0.6) is 0 Å². The van der Waals surface area contributed by atoms with Crippen LogP contribution < -0.4 is 5.32 Å². The number of nitrogens with one attached hydrogen (secondary N) is 1. The van der Waals surface area contributed by atoms with Crippen molar-refractivity contribution in [2.24, 2.45) is 5.92 Å². The number of alkyl carbamates (subject to hydrolysis) is 1. The molecular formula is C13H23NO3. The molecule has 0 bridgehead atoms. The summed E-state index contributed by atoms with van der Waals surface area (Å²) in [5, 5.41) is 2.57. The summed E-state index contributed by atoms with van der Waals surface area (Å²) in [7, 11) is 0. The molecule has 0 aromatic carbocycles. The Balaban J connectivity index is 2.23. The van der Waals surface area contributed by atoms with Crippen molar-refractivity contribution in [1.29, 1.82) is 0 Å². The fourth-order valence-electron chi connectivity index (χ4n) is 1.53. The predicted octanol–water partition coefficient (Wildman–Crippen LogP) is 2.66. The number of hydrogen-bond donors (Lipinski definition) is 1. The topological polar surface area (TPSA) is 55.4 Å². The highest BCUT2D eigenvalue weighted by atomic mass is 16.6. The Bertz CT molecular complexity index is 290. The Labute approximate surface area is 103 Å². The summed E-state index contributed by atoms with van der Waals surface area (Å²) >= 11 is 0. The molecule has 0 aromatic rings. The van der Waals surface area contributed by atoms with Crippen LogP contribution >= 0.6 is 0 Å². The van der Waals surface area contributed by atoms with Gasteiger partial charge in [0.2, 0.25) is 0 Å². The number of Topliss-reactive ketones (excluding diaryl/α,β-unsaturated/α-hetero) is 1.